The van der Waals surface area contributed by atoms with Gasteiger partial charge in [-0.25, -0.2) is 0 Å². The fraction of sp³-hybridized carbons (Fsp3) is 0.923. The molecule has 16 heavy (non-hydrogen) atoms. The predicted molar refractivity (Wildman–Crippen MR) is 65.1 cm³/mol. The lowest BCUT2D eigenvalue weighted by Gasteiger charge is -2.41. The summed E-state index contributed by atoms with van der Waals surface area (Å²) in [6.45, 7) is 9.90. The maximum absolute atomic E-state index is 9.54. The number of ether oxygens (including phenoxy) is 1. The number of hydrogen-bond acceptors (Lipinski definition) is 3. The molecule has 0 saturated carbocycles. The van der Waals surface area contributed by atoms with E-state index in [0.29, 0.717) is 5.92 Å². The molecule has 0 radical (unpaired) electrons. The Morgan fingerprint density at radius 1 is 1.38 bits per heavy atom. The van der Waals surface area contributed by atoms with Crippen LogP contribution in [0.4, 0.5) is 0 Å². The zero-order valence-electron chi connectivity index (χ0n) is 10.8. The van der Waals surface area contributed by atoms with Gasteiger partial charge in [-0.3, -0.25) is 4.90 Å². The lowest BCUT2D eigenvalue weighted by atomic mass is 9.84. The van der Waals surface area contributed by atoms with Crippen molar-refractivity contribution in [3.63, 3.8) is 0 Å². The molecule has 0 aromatic heterocycles. The second kappa shape index (κ2) is 6.22. The van der Waals surface area contributed by atoms with Gasteiger partial charge in [0.2, 0.25) is 0 Å². The summed E-state index contributed by atoms with van der Waals surface area (Å²) in [5.41, 5.74) is -0.265. The van der Waals surface area contributed by atoms with Crippen LogP contribution in [0.2, 0.25) is 0 Å². The van der Waals surface area contributed by atoms with E-state index in [-0.39, 0.29) is 5.54 Å². The number of nitrogens with zero attached hydrogens (tertiary/aromatic N) is 2. The highest BCUT2D eigenvalue weighted by molar-refractivity contribution is 5.08. The zero-order chi connectivity index (χ0) is 12.0. The first-order valence-electron chi connectivity index (χ1n) is 6.42. The molecule has 3 heteroatoms. The van der Waals surface area contributed by atoms with Crippen LogP contribution in [0.3, 0.4) is 0 Å². The summed E-state index contributed by atoms with van der Waals surface area (Å²) < 4.78 is 5.36. The first-order chi connectivity index (χ1) is 7.68. The van der Waals surface area contributed by atoms with Crippen molar-refractivity contribution < 1.29 is 4.74 Å². The molecule has 2 unspecified atom stereocenters. The maximum atomic E-state index is 9.54. The summed E-state index contributed by atoms with van der Waals surface area (Å²) in [4.78, 5) is 2.32. The number of nitriles is 1. The summed E-state index contributed by atoms with van der Waals surface area (Å²) in [5.74, 6) is 0.613. The fourth-order valence-corrected chi connectivity index (χ4v) is 2.40. The summed E-state index contributed by atoms with van der Waals surface area (Å²) in [7, 11) is 0. The summed E-state index contributed by atoms with van der Waals surface area (Å²) in [5, 5.41) is 9.54. The Labute approximate surface area is 99.4 Å². The second-order valence-electron chi connectivity index (χ2n) is 4.81. The molecule has 0 N–H and O–H groups in total. The van der Waals surface area contributed by atoms with Gasteiger partial charge < -0.3 is 4.74 Å². The topological polar surface area (TPSA) is 36.3 Å². The quantitative estimate of drug-likeness (QED) is 0.719. The van der Waals surface area contributed by atoms with Crippen LogP contribution in [0, 0.1) is 17.2 Å². The van der Waals surface area contributed by atoms with Gasteiger partial charge in [0.1, 0.15) is 5.54 Å². The van der Waals surface area contributed by atoms with Crippen molar-refractivity contribution in [2.24, 2.45) is 5.92 Å². The highest BCUT2D eigenvalue weighted by Gasteiger charge is 2.37. The monoisotopic (exact) mass is 224 g/mol. The Morgan fingerprint density at radius 2 is 2.00 bits per heavy atom. The number of rotatable bonds is 5. The van der Waals surface area contributed by atoms with Crippen LogP contribution in [0.1, 0.15) is 40.0 Å². The Bertz CT molecular complexity index is 243. The molecule has 1 fully saturated rings. The van der Waals surface area contributed by atoms with E-state index in [1.807, 2.05) is 0 Å². The minimum absolute atomic E-state index is 0.265. The van der Waals surface area contributed by atoms with E-state index < -0.39 is 0 Å². The first kappa shape index (κ1) is 13.5. The molecular weight excluding hydrogens is 200 g/mol. The SMILES string of the molecule is CCC(C)CC(C#N)(CC)N1CCOCC1. The minimum atomic E-state index is -0.265. The van der Waals surface area contributed by atoms with E-state index in [1.165, 1.54) is 0 Å². The van der Waals surface area contributed by atoms with Crippen LogP contribution in [0.25, 0.3) is 0 Å². The van der Waals surface area contributed by atoms with Crippen LogP contribution >= 0.6 is 0 Å². The van der Waals surface area contributed by atoms with E-state index in [2.05, 4.69) is 31.7 Å². The summed E-state index contributed by atoms with van der Waals surface area (Å²) >= 11 is 0. The molecule has 0 spiro atoms. The molecule has 1 rings (SSSR count). The minimum Gasteiger partial charge on any atom is -0.379 e. The molecule has 2 atom stereocenters. The van der Waals surface area contributed by atoms with Crippen LogP contribution in [0.15, 0.2) is 0 Å². The van der Waals surface area contributed by atoms with Crippen LogP contribution in [0.5, 0.6) is 0 Å². The van der Waals surface area contributed by atoms with Crippen molar-refractivity contribution in [2.75, 3.05) is 26.3 Å². The molecule has 0 aromatic rings. The summed E-state index contributed by atoms with van der Waals surface area (Å²) in [6, 6.07) is 2.57. The normalized spacial score (nSPS) is 23.4. The molecule has 1 aliphatic heterocycles. The lowest BCUT2D eigenvalue weighted by Crippen LogP contribution is -2.53. The van der Waals surface area contributed by atoms with E-state index in [4.69, 9.17) is 4.74 Å². The van der Waals surface area contributed by atoms with Crippen molar-refractivity contribution in [3.05, 3.63) is 0 Å². The molecule has 1 aliphatic rings. The lowest BCUT2D eigenvalue weighted by molar-refractivity contribution is -0.0118. The van der Waals surface area contributed by atoms with Gasteiger partial charge >= 0.3 is 0 Å². The van der Waals surface area contributed by atoms with E-state index >= 15 is 0 Å². The van der Waals surface area contributed by atoms with Gasteiger partial charge in [-0.15, -0.1) is 0 Å². The molecule has 92 valence electrons. The molecule has 1 saturated heterocycles. The van der Waals surface area contributed by atoms with Crippen LogP contribution in [-0.2, 0) is 4.74 Å². The van der Waals surface area contributed by atoms with Crippen molar-refractivity contribution in [1.82, 2.24) is 4.90 Å². The van der Waals surface area contributed by atoms with Crippen LogP contribution in [-0.4, -0.2) is 36.7 Å². The van der Waals surface area contributed by atoms with Crippen molar-refractivity contribution >= 4 is 0 Å². The third kappa shape index (κ3) is 2.96. The highest BCUT2D eigenvalue weighted by atomic mass is 16.5. The molecule has 0 aromatic carbocycles. The van der Waals surface area contributed by atoms with Gasteiger partial charge in [0.15, 0.2) is 0 Å². The Morgan fingerprint density at radius 3 is 2.44 bits per heavy atom. The molecule has 0 bridgehead atoms. The molecule has 1 heterocycles. The Kier molecular flexibility index (Phi) is 5.24. The van der Waals surface area contributed by atoms with Gasteiger partial charge in [-0.1, -0.05) is 27.2 Å². The standard InChI is InChI=1S/C13H24N2O/c1-4-12(3)10-13(5-2,11-14)15-6-8-16-9-7-15/h12H,4-10H2,1-3H3. The predicted octanol–water partition coefficient (Wildman–Crippen LogP) is 2.43. The molecule has 3 nitrogen and oxygen atoms in total. The number of morpholine rings is 1. The molecular formula is C13H24N2O. The van der Waals surface area contributed by atoms with Gasteiger partial charge in [-0.2, -0.15) is 5.26 Å². The smallest absolute Gasteiger partial charge is 0.109 e. The van der Waals surface area contributed by atoms with Gasteiger partial charge in [0.05, 0.1) is 19.3 Å². The summed E-state index contributed by atoms with van der Waals surface area (Å²) in [6.07, 6.45) is 3.04. The fourth-order valence-electron chi connectivity index (χ4n) is 2.40. The Balaban J connectivity index is 2.73. The van der Waals surface area contributed by atoms with Gasteiger partial charge in [-0.05, 0) is 18.8 Å². The van der Waals surface area contributed by atoms with Crippen molar-refractivity contribution in [3.8, 4) is 6.07 Å². The average Bonchev–Trinajstić information content (AvgIpc) is 2.37. The third-order valence-corrected chi connectivity index (χ3v) is 3.79. The third-order valence-electron chi connectivity index (χ3n) is 3.79. The van der Waals surface area contributed by atoms with E-state index in [0.717, 1.165) is 45.6 Å². The number of hydrogen-bond donors (Lipinski definition) is 0. The van der Waals surface area contributed by atoms with Gasteiger partial charge in [0, 0.05) is 13.1 Å². The molecule has 0 aliphatic carbocycles. The second-order valence-corrected chi connectivity index (χ2v) is 4.81. The Hall–Kier alpha value is -0.590. The largest absolute Gasteiger partial charge is 0.379 e. The maximum Gasteiger partial charge on any atom is 0.109 e. The van der Waals surface area contributed by atoms with Crippen LogP contribution < -0.4 is 0 Å². The molecule has 0 amide bonds. The zero-order valence-corrected chi connectivity index (χ0v) is 10.8. The van der Waals surface area contributed by atoms with E-state index in [9.17, 15) is 5.26 Å². The first-order valence-corrected chi connectivity index (χ1v) is 6.42. The van der Waals surface area contributed by atoms with Gasteiger partial charge in [0.25, 0.3) is 0 Å². The van der Waals surface area contributed by atoms with Crippen molar-refractivity contribution in [2.45, 2.75) is 45.6 Å². The van der Waals surface area contributed by atoms with Crippen molar-refractivity contribution in [1.29, 1.82) is 5.26 Å². The highest BCUT2D eigenvalue weighted by Crippen LogP contribution is 2.29. The van der Waals surface area contributed by atoms with E-state index in [1.54, 1.807) is 0 Å². The average molecular weight is 224 g/mol.